The highest BCUT2D eigenvalue weighted by molar-refractivity contribution is 9.10. The molecule has 1 rings (SSSR count). The van der Waals surface area contributed by atoms with Gasteiger partial charge in [-0.3, -0.25) is 0 Å². The summed E-state index contributed by atoms with van der Waals surface area (Å²) in [6.07, 6.45) is 2.29. The van der Waals surface area contributed by atoms with Gasteiger partial charge in [0, 0.05) is 18.8 Å². The molecule has 0 bridgehead atoms. The smallest absolute Gasteiger partial charge is 0.106 e. The molecular formula is C8H11BrN2O. The van der Waals surface area contributed by atoms with Crippen molar-refractivity contribution in [2.24, 2.45) is 5.73 Å². The largest absolute Gasteiger partial charge is 0.396 e. The van der Waals surface area contributed by atoms with Crippen molar-refractivity contribution in [2.45, 2.75) is 12.5 Å². The molecule has 0 amide bonds. The molecule has 3 nitrogen and oxygen atoms in total. The summed E-state index contributed by atoms with van der Waals surface area (Å²) < 4.78 is 0.794. The molecule has 1 aromatic heterocycles. The lowest BCUT2D eigenvalue weighted by Gasteiger charge is -2.08. The van der Waals surface area contributed by atoms with Crippen molar-refractivity contribution in [3.8, 4) is 0 Å². The van der Waals surface area contributed by atoms with Crippen LogP contribution in [0, 0.1) is 0 Å². The van der Waals surface area contributed by atoms with Crippen molar-refractivity contribution in [3.05, 3.63) is 28.5 Å². The number of halogens is 1. The standard InChI is InChI=1S/C8H11BrN2O/c9-8-2-1-6(5-11-8)7(10)3-4-12/h1-2,5,7,12H,3-4,10H2/t7-/m0/s1. The third kappa shape index (κ3) is 2.55. The Morgan fingerprint density at radius 3 is 2.83 bits per heavy atom. The molecule has 0 fully saturated rings. The van der Waals surface area contributed by atoms with Crippen molar-refractivity contribution in [1.29, 1.82) is 0 Å². The van der Waals surface area contributed by atoms with Crippen LogP contribution in [0.2, 0.25) is 0 Å². The minimum absolute atomic E-state index is 0.108. The molecule has 0 aliphatic rings. The van der Waals surface area contributed by atoms with Gasteiger partial charge < -0.3 is 10.8 Å². The number of hydrogen-bond donors (Lipinski definition) is 2. The number of nitrogens with two attached hydrogens (primary N) is 1. The third-order valence-corrected chi connectivity index (χ3v) is 2.09. The second kappa shape index (κ2) is 4.54. The average molecular weight is 231 g/mol. The molecule has 0 aromatic carbocycles. The van der Waals surface area contributed by atoms with Crippen LogP contribution >= 0.6 is 15.9 Å². The molecule has 1 heterocycles. The number of aliphatic hydroxyl groups is 1. The van der Waals surface area contributed by atoms with Gasteiger partial charge in [-0.05, 0) is 34.0 Å². The molecule has 12 heavy (non-hydrogen) atoms. The summed E-state index contributed by atoms with van der Waals surface area (Å²) in [6, 6.07) is 3.62. The van der Waals surface area contributed by atoms with E-state index in [2.05, 4.69) is 20.9 Å². The van der Waals surface area contributed by atoms with Gasteiger partial charge in [0.1, 0.15) is 4.60 Å². The zero-order valence-electron chi connectivity index (χ0n) is 6.57. The van der Waals surface area contributed by atoms with E-state index in [-0.39, 0.29) is 12.6 Å². The van der Waals surface area contributed by atoms with Gasteiger partial charge in [-0.2, -0.15) is 0 Å². The maximum Gasteiger partial charge on any atom is 0.106 e. The Balaban J connectivity index is 2.68. The highest BCUT2D eigenvalue weighted by Gasteiger charge is 2.04. The number of aliphatic hydroxyl groups excluding tert-OH is 1. The molecule has 0 saturated heterocycles. The summed E-state index contributed by atoms with van der Waals surface area (Å²) >= 11 is 3.23. The molecule has 0 aliphatic carbocycles. The lowest BCUT2D eigenvalue weighted by Crippen LogP contribution is -2.11. The lowest BCUT2D eigenvalue weighted by molar-refractivity contribution is 0.276. The monoisotopic (exact) mass is 230 g/mol. The molecule has 0 aliphatic heterocycles. The fourth-order valence-electron chi connectivity index (χ4n) is 0.912. The van der Waals surface area contributed by atoms with E-state index < -0.39 is 0 Å². The first-order chi connectivity index (χ1) is 5.74. The highest BCUT2D eigenvalue weighted by atomic mass is 79.9. The minimum Gasteiger partial charge on any atom is -0.396 e. The van der Waals surface area contributed by atoms with Crippen molar-refractivity contribution in [2.75, 3.05) is 6.61 Å². The first-order valence-electron chi connectivity index (χ1n) is 3.72. The first-order valence-corrected chi connectivity index (χ1v) is 4.51. The maximum atomic E-state index is 8.64. The molecular weight excluding hydrogens is 220 g/mol. The van der Waals surface area contributed by atoms with E-state index in [9.17, 15) is 0 Å². The zero-order chi connectivity index (χ0) is 8.97. The van der Waals surface area contributed by atoms with E-state index in [0.29, 0.717) is 6.42 Å². The minimum atomic E-state index is -0.115. The van der Waals surface area contributed by atoms with Crippen LogP contribution in [0.5, 0.6) is 0 Å². The van der Waals surface area contributed by atoms with E-state index in [1.165, 1.54) is 0 Å². The van der Waals surface area contributed by atoms with E-state index in [1.54, 1.807) is 6.20 Å². The van der Waals surface area contributed by atoms with E-state index in [4.69, 9.17) is 10.8 Å². The molecule has 66 valence electrons. The maximum absolute atomic E-state index is 8.64. The van der Waals surface area contributed by atoms with Crippen molar-refractivity contribution in [1.82, 2.24) is 4.98 Å². The van der Waals surface area contributed by atoms with Crippen molar-refractivity contribution < 1.29 is 5.11 Å². The number of hydrogen-bond acceptors (Lipinski definition) is 3. The average Bonchev–Trinajstić information content (AvgIpc) is 2.06. The SMILES string of the molecule is N[C@@H](CCO)c1ccc(Br)nc1. The van der Waals surface area contributed by atoms with Gasteiger partial charge in [0.05, 0.1) is 0 Å². The van der Waals surface area contributed by atoms with Crippen LogP contribution in [-0.4, -0.2) is 16.7 Å². The Labute approximate surface area is 79.7 Å². The number of pyridine rings is 1. The number of aromatic nitrogens is 1. The summed E-state index contributed by atoms with van der Waals surface area (Å²) in [5, 5.41) is 8.64. The third-order valence-electron chi connectivity index (χ3n) is 1.62. The zero-order valence-corrected chi connectivity index (χ0v) is 8.16. The molecule has 1 aromatic rings. The second-order valence-electron chi connectivity index (χ2n) is 2.53. The van der Waals surface area contributed by atoms with Crippen LogP contribution in [0.4, 0.5) is 0 Å². The Morgan fingerprint density at radius 1 is 1.58 bits per heavy atom. The van der Waals surface area contributed by atoms with E-state index >= 15 is 0 Å². The van der Waals surface area contributed by atoms with Gasteiger partial charge in [-0.15, -0.1) is 0 Å². The molecule has 0 saturated carbocycles. The first kappa shape index (κ1) is 9.64. The summed E-state index contributed by atoms with van der Waals surface area (Å²) in [6.45, 7) is 0.108. The summed E-state index contributed by atoms with van der Waals surface area (Å²) in [5.74, 6) is 0. The predicted molar refractivity (Wildman–Crippen MR) is 50.6 cm³/mol. The Hall–Kier alpha value is -0.450. The molecule has 0 radical (unpaired) electrons. The van der Waals surface area contributed by atoms with Crippen LogP contribution in [0.1, 0.15) is 18.0 Å². The Bertz CT molecular complexity index is 237. The molecule has 1 atom stereocenters. The molecule has 0 spiro atoms. The van der Waals surface area contributed by atoms with E-state index in [1.807, 2.05) is 12.1 Å². The van der Waals surface area contributed by atoms with Crippen LogP contribution in [0.3, 0.4) is 0 Å². The number of rotatable bonds is 3. The summed E-state index contributed by atoms with van der Waals surface area (Å²) in [7, 11) is 0. The van der Waals surface area contributed by atoms with Gasteiger partial charge in [-0.1, -0.05) is 6.07 Å². The number of nitrogens with zero attached hydrogens (tertiary/aromatic N) is 1. The lowest BCUT2D eigenvalue weighted by atomic mass is 10.1. The van der Waals surface area contributed by atoms with Gasteiger partial charge >= 0.3 is 0 Å². The Morgan fingerprint density at radius 2 is 2.33 bits per heavy atom. The quantitative estimate of drug-likeness (QED) is 0.769. The predicted octanol–water partition coefficient (Wildman–Crippen LogP) is 1.23. The Kier molecular flexibility index (Phi) is 3.65. The van der Waals surface area contributed by atoms with Crippen molar-refractivity contribution >= 4 is 15.9 Å². The fourth-order valence-corrected chi connectivity index (χ4v) is 1.15. The normalized spacial score (nSPS) is 12.9. The summed E-state index contributed by atoms with van der Waals surface area (Å²) in [5.41, 5.74) is 6.69. The summed E-state index contributed by atoms with van der Waals surface area (Å²) in [4.78, 5) is 4.04. The van der Waals surface area contributed by atoms with Gasteiger partial charge in [-0.25, -0.2) is 4.98 Å². The van der Waals surface area contributed by atoms with E-state index in [0.717, 1.165) is 10.2 Å². The molecule has 0 unspecified atom stereocenters. The van der Waals surface area contributed by atoms with Gasteiger partial charge in [0.25, 0.3) is 0 Å². The van der Waals surface area contributed by atoms with Crippen LogP contribution < -0.4 is 5.73 Å². The van der Waals surface area contributed by atoms with Crippen molar-refractivity contribution in [3.63, 3.8) is 0 Å². The molecule has 4 heteroatoms. The van der Waals surface area contributed by atoms with Crippen LogP contribution in [-0.2, 0) is 0 Å². The fraction of sp³-hybridized carbons (Fsp3) is 0.375. The second-order valence-corrected chi connectivity index (χ2v) is 3.35. The van der Waals surface area contributed by atoms with Crippen LogP contribution in [0.25, 0.3) is 0 Å². The van der Waals surface area contributed by atoms with Gasteiger partial charge in [0.15, 0.2) is 0 Å². The van der Waals surface area contributed by atoms with Crippen LogP contribution in [0.15, 0.2) is 22.9 Å². The van der Waals surface area contributed by atoms with Gasteiger partial charge in [0.2, 0.25) is 0 Å². The topological polar surface area (TPSA) is 59.1 Å². The molecule has 3 N–H and O–H groups in total. The highest BCUT2D eigenvalue weighted by Crippen LogP contribution is 2.14.